The topological polar surface area (TPSA) is 88.0 Å². The molecule has 0 spiro atoms. The summed E-state index contributed by atoms with van der Waals surface area (Å²) in [7, 11) is 0. The predicted molar refractivity (Wildman–Crippen MR) is 74.6 cm³/mol. The summed E-state index contributed by atoms with van der Waals surface area (Å²) in [5.41, 5.74) is 1.33. The summed E-state index contributed by atoms with van der Waals surface area (Å²) in [4.78, 5) is 20.0. The maximum atomic E-state index is 11.5. The van der Waals surface area contributed by atoms with Crippen LogP contribution >= 0.6 is 0 Å². The van der Waals surface area contributed by atoms with Gasteiger partial charge in [0.05, 0.1) is 6.04 Å². The van der Waals surface area contributed by atoms with Crippen molar-refractivity contribution in [2.45, 2.75) is 19.9 Å². The zero-order chi connectivity index (χ0) is 14.1. The minimum Gasteiger partial charge on any atom is -0.363 e. The lowest BCUT2D eigenvalue weighted by Gasteiger charge is -2.14. The number of rotatable bonds is 3. The number of anilines is 1. The molecule has 0 aliphatic heterocycles. The van der Waals surface area contributed by atoms with E-state index in [0.717, 1.165) is 5.56 Å². The smallest absolute Gasteiger partial charge is 0.349 e. The second-order valence-corrected chi connectivity index (χ2v) is 4.56. The largest absolute Gasteiger partial charge is 0.363 e. The van der Waals surface area contributed by atoms with Crippen molar-refractivity contribution in [3.05, 3.63) is 52.5 Å². The van der Waals surface area contributed by atoms with Gasteiger partial charge in [0.25, 0.3) is 0 Å². The van der Waals surface area contributed by atoms with Gasteiger partial charge in [0.2, 0.25) is 0 Å². The van der Waals surface area contributed by atoms with Gasteiger partial charge >= 0.3 is 5.69 Å². The van der Waals surface area contributed by atoms with Gasteiger partial charge in [-0.15, -0.1) is 0 Å². The molecule has 3 aromatic heterocycles. The number of aromatic nitrogens is 5. The van der Waals surface area contributed by atoms with Crippen LogP contribution in [0.2, 0.25) is 0 Å². The van der Waals surface area contributed by atoms with E-state index in [2.05, 4.69) is 25.5 Å². The molecule has 20 heavy (non-hydrogen) atoms. The van der Waals surface area contributed by atoms with E-state index < -0.39 is 0 Å². The number of aromatic amines is 1. The summed E-state index contributed by atoms with van der Waals surface area (Å²) in [5, 5.41) is 9.64. The minimum absolute atomic E-state index is 0.0590. The molecule has 0 saturated carbocycles. The Labute approximate surface area is 114 Å². The average Bonchev–Trinajstić information content (AvgIpc) is 2.81. The van der Waals surface area contributed by atoms with Gasteiger partial charge in [-0.25, -0.2) is 19.3 Å². The van der Waals surface area contributed by atoms with E-state index in [1.54, 1.807) is 19.2 Å². The Morgan fingerprint density at radius 3 is 3.05 bits per heavy atom. The van der Waals surface area contributed by atoms with Crippen LogP contribution in [0.15, 0.2) is 35.4 Å². The van der Waals surface area contributed by atoms with Crippen molar-refractivity contribution in [2.75, 3.05) is 5.32 Å². The van der Waals surface area contributed by atoms with Crippen molar-refractivity contribution in [3.63, 3.8) is 0 Å². The highest BCUT2D eigenvalue weighted by atomic mass is 16.1. The summed E-state index contributed by atoms with van der Waals surface area (Å²) in [5.74, 6) is 1.26. The molecule has 3 rings (SSSR count). The molecule has 2 N–H and O–H groups in total. The van der Waals surface area contributed by atoms with E-state index in [9.17, 15) is 4.79 Å². The molecule has 102 valence electrons. The van der Waals surface area contributed by atoms with Gasteiger partial charge in [-0.2, -0.15) is 5.10 Å². The molecular formula is C13H14N6O. The molecule has 0 fully saturated rings. The van der Waals surface area contributed by atoms with Gasteiger partial charge in [0.15, 0.2) is 5.65 Å². The summed E-state index contributed by atoms with van der Waals surface area (Å²) < 4.78 is 1.43. The molecule has 0 amide bonds. The van der Waals surface area contributed by atoms with Crippen LogP contribution < -0.4 is 11.0 Å². The second kappa shape index (κ2) is 4.76. The van der Waals surface area contributed by atoms with Crippen molar-refractivity contribution in [2.24, 2.45) is 0 Å². The van der Waals surface area contributed by atoms with Gasteiger partial charge < -0.3 is 5.32 Å². The Morgan fingerprint density at radius 1 is 1.45 bits per heavy atom. The number of aryl methyl sites for hydroxylation is 1. The SMILES string of the molecule is Cc1nc(NC(C)c2cccnc2)cc2n[nH]c(=O)n12. The molecule has 0 aliphatic rings. The Hall–Kier alpha value is -2.70. The first-order valence-electron chi connectivity index (χ1n) is 6.26. The first-order valence-corrected chi connectivity index (χ1v) is 6.26. The highest BCUT2D eigenvalue weighted by molar-refractivity contribution is 5.50. The van der Waals surface area contributed by atoms with Crippen LogP contribution in [0.1, 0.15) is 24.4 Å². The van der Waals surface area contributed by atoms with Crippen molar-refractivity contribution < 1.29 is 0 Å². The van der Waals surface area contributed by atoms with E-state index in [1.165, 1.54) is 4.40 Å². The molecule has 0 radical (unpaired) electrons. The summed E-state index contributed by atoms with van der Waals surface area (Å²) in [6.07, 6.45) is 3.54. The van der Waals surface area contributed by atoms with Crippen molar-refractivity contribution in [1.82, 2.24) is 24.6 Å². The standard InChI is InChI=1S/C13H14N6O/c1-8(10-4-3-5-14-7-10)15-11-6-12-17-18-13(20)19(12)9(2)16-11/h3-8,15H,1-2H3,(H,18,20). The van der Waals surface area contributed by atoms with Crippen LogP contribution in [0.3, 0.4) is 0 Å². The molecule has 3 aromatic rings. The van der Waals surface area contributed by atoms with Gasteiger partial charge in [0, 0.05) is 18.5 Å². The fourth-order valence-corrected chi connectivity index (χ4v) is 2.11. The lowest BCUT2D eigenvalue weighted by Crippen LogP contribution is -2.15. The summed E-state index contributed by atoms with van der Waals surface area (Å²) >= 11 is 0. The summed E-state index contributed by atoms with van der Waals surface area (Å²) in [6, 6.07) is 5.68. The fourth-order valence-electron chi connectivity index (χ4n) is 2.11. The second-order valence-electron chi connectivity index (χ2n) is 4.56. The molecule has 0 saturated heterocycles. The van der Waals surface area contributed by atoms with Crippen LogP contribution in [0.25, 0.3) is 5.65 Å². The number of nitrogens with zero attached hydrogens (tertiary/aromatic N) is 4. The third-order valence-corrected chi connectivity index (χ3v) is 3.12. The number of nitrogens with one attached hydrogen (secondary N) is 2. The van der Waals surface area contributed by atoms with Crippen molar-refractivity contribution in [1.29, 1.82) is 0 Å². The van der Waals surface area contributed by atoms with Gasteiger partial charge in [-0.05, 0) is 25.5 Å². The molecule has 3 heterocycles. The third kappa shape index (κ3) is 2.13. The normalized spacial score (nSPS) is 12.5. The van der Waals surface area contributed by atoms with Crippen LogP contribution in [-0.2, 0) is 0 Å². The zero-order valence-corrected chi connectivity index (χ0v) is 11.2. The highest BCUT2D eigenvalue weighted by Crippen LogP contribution is 2.17. The molecule has 0 bridgehead atoms. The lowest BCUT2D eigenvalue weighted by atomic mass is 10.1. The maximum Gasteiger partial charge on any atom is 0.349 e. The van der Waals surface area contributed by atoms with E-state index in [-0.39, 0.29) is 11.7 Å². The number of pyridine rings is 1. The number of hydrogen-bond donors (Lipinski definition) is 2. The number of H-pyrrole nitrogens is 1. The average molecular weight is 270 g/mol. The minimum atomic E-state index is -0.281. The van der Waals surface area contributed by atoms with E-state index >= 15 is 0 Å². The van der Waals surface area contributed by atoms with Gasteiger partial charge in [0.1, 0.15) is 11.6 Å². The van der Waals surface area contributed by atoms with E-state index in [0.29, 0.717) is 17.3 Å². The maximum absolute atomic E-state index is 11.5. The predicted octanol–water partition coefficient (Wildman–Crippen LogP) is 1.29. The van der Waals surface area contributed by atoms with Crippen LogP contribution in [0.4, 0.5) is 5.82 Å². The third-order valence-electron chi connectivity index (χ3n) is 3.12. The lowest BCUT2D eigenvalue weighted by molar-refractivity contribution is 0.853. The van der Waals surface area contributed by atoms with E-state index in [1.807, 2.05) is 25.3 Å². The number of fused-ring (bicyclic) bond motifs is 1. The van der Waals surface area contributed by atoms with Crippen LogP contribution in [-0.4, -0.2) is 24.6 Å². The zero-order valence-electron chi connectivity index (χ0n) is 11.2. The Balaban J connectivity index is 1.93. The van der Waals surface area contributed by atoms with Gasteiger partial charge in [-0.1, -0.05) is 6.07 Å². The fraction of sp³-hybridized carbons (Fsp3) is 0.231. The summed E-state index contributed by atoms with van der Waals surface area (Å²) in [6.45, 7) is 3.79. The van der Waals surface area contributed by atoms with Crippen LogP contribution in [0, 0.1) is 6.92 Å². The van der Waals surface area contributed by atoms with Crippen molar-refractivity contribution in [3.8, 4) is 0 Å². The Morgan fingerprint density at radius 2 is 2.30 bits per heavy atom. The first kappa shape index (κ1) is 12.3. The monoisotopic (exact) mass is 270 g/mol. The molecule has 7 nitrogen and oxygen atoms in total. The highest BCUT2D eigenvalue weighted by Gasteiger charge is 2.10. The number of hydrogen-bond acceptors (Lipinski definition) is 5. The molecule has 1 atom stereocenters. The molecule has 0 aliphatic carbocycles. The molecule has 0 aromatic carbocycles. The molecular weight excluding hydrogens is 256 g/mol. The molecule has 1 unspecified atom stereocenters. The van der Waals surface area contributed by atoms with E-state index in [4.69, 9.17) is 0 Å². The van der Waals surface area contributed by atoms with Gasteiger partial charge in [-0.3, -0.25) is 4.98 Å². The van der Waals surface area contributed by atoms with Crippen molar-refractivity contribution >= 4 is 11.5 Å². The van der Waals surface area contributed by atoms with Crippen LogP contribution in [0.5, 0.6) is 0 Å². The Kier molecular flexibility index (Phi) is 2.94. The first-order chi connectivity index (χ1) is 9.65. The molecule has 7 heteroatoms. The Bertz CT molecular complexity index is 791. The quantitative estimate of drug-likeness (QED) is 0.748.